The maximum atomic E-state index is 4.46. The third-order valence-corrected chi connectivity index (χ3v) is 4.63. The van der Waals surface area contributed by atoms with Crippen LogP contribution in [-0.4, -0.2) is 4.98 Å². The summed E-state index contributed by atoms with van der Waals surface area (Å²) in [6.45, 7) is 4.38. The lowest BCUT2D eigenvalue weighted by Crippen LogP contribution is -1.96. The van der Waals surface area contributed by atoms with Crippen LogP contribution in [0.5, 0.6) is 0 Å². The van der Waals surface area contributed by atoms with E-state index in [0.29, 0.717) is 0 Å². The molecule has 0 N–H and O–H groups in total. The van der Waals surface area contributed by atoms with Gasteiger partial charge in [0.05, 0.1) is 15.7 Å². The molecule has 0 aliphatic carbocycles. The van der Waals surface area contributed by atoms with Crippen LogP contribution in [0.4, 0.5) is 0 Å². The highest BCUT2D eigenvalue weighted by atomic mass is 32.1. The van der Waals surface area contributed by atoms with Crippen LogP contribution in [0.1, 0.15) is 22.3 Å². The molecule has 3 aromatic rings. The zero-order valence-electron chi connectivity index (χ0n) is 11.3. The van der Waals surface area contributed by atoms with Gasteiger partial charge < -0.3 is 0 Å². The molecule has 0 bridgehead atoms. The molecule has 0 spiro atoms. The average Bonchev–Trinajstić information content (AvgIpc) is 2.92. The largest absolute Gasteiger partial charge is 0.244 e. The Morgan fingerprint density at radius 3 is 2.63 bits per heavy atom. The minimum absolute atomic E-state index is 1.10. The minimum Gasteiger partial charge on any atom is -0.244 e. The highest BCUT2D eigenvalue weighted by molar-refractivity contribution is 7.17. The van der Waals surface area contributed by atoms with Gasteiger partial charge in [-0.25, -0.2) is 4.98 Å². The number of hydrogen-bond acceptors (Lipinski definition) is 2. The quantitative estimate of drug-likeness (QED) is 0.670. The van der Waals surface area contributed by atoms with E-state index in [1.165, 1.54) is 32.5 Å². The van der Waals surface area contributed by atoms with Gasteiger partial charge in [-0.15, -0.1) is 11.3 Å². The van der Waals surface area contributed by atoms with E-state index in [9.17, 15) is 0 Å². The smallest absolute Gasteiger partial charge is 0.0844 e. The van der Waals surface area contributed by atoms with Gasteiger partial charge in [-0.2, -0.15) is 0 Å². The Balaban J connectivity index is 1.91. The van der Waals surface area contributed by atoms with Crippen molar-refractivity contribution in [2.75, 3.05) is 0 Å². The fourth-order valence-electron chi connectivity index (χ4n) is 2.56. The van der Waals surface area contributed by atoms with Crippen molar-refractivity contribution < 1.29 is 0 Å². The first-order valence-electron chi connectivity index (χ1n) is 6.62. The van der Waals surface area contributed by atoms with E-state index in [1.807, 2.05) is 5.51 Å². The van der Waals surface area contributed by atoms with Crippen LogP contribution in [0.2, 0.25) is 0 Å². The van der Waals surface area contributed by atoms with Crippen LogP contribution in [-0.2, 0) is 12.8 Å². The van der Waals surface area contributed by atoms with Crippen LogP contribution in [0.3, 0.4) is 0 Å². The van der Waals surface area contributed by atoms with Crippen molar-refractivity contribution in [2.24, 2.45) is 0 Å². The van der Waals surface area contributed by atoms with Crippen molar-refractivity contribution in [3.63, 3.8) is 0 Å². The second kappa shape index (κ2) is 5.14. The number of thiazole rings is 1. The Morgan fingerprint density at radius 2 is 1.84 bits per heavy atom. The summed E-state index contributed by atoms with van der Waals surface area (Å²) in [7, 11) is 0. The van der Waals surface area contributed by atoms with Gasteiger partial charge in [-0.1, -0.05) is 36.4 Å². The number of nitrogens with zero attached hydrogens (tertiary/aromatic N) is 1. The Labute approximate surface area is 117 Å². The summed E-state index contributed by atoms with van der Waals surface area (Å²) in [6.07, 6.45) is 2.20. The molecular weight excluding hydrogens is 250 g/mol. The summed E-state index contributed by atoms with van der Waals surface area (Å²) in [6, 6.07) is 13.0. The van der Waals surface area contributed by atoms with Crippen molar-refractivity contribution in [2.45, 2.75) is 26.7 Å². The molecule has 1 nitrogen and oxygen atoms in total. The van der Waals surface area contributed by atoms with Crippen LogP contribution >= 0.6 is 11.3 Å². The molecule has 2 heteroatoms. The number of rotatable bonds is 3. The molecule has 0 radical (unpaired) electrons. The Kier molecular flexibility index (Phi) is 3.34. The lowest BCUT2D eigenvalue weighted by atomic mass is 9.98. The fraction of sp³-hybridized carbons (Fsp3) is 0.235. The van der Waals surface area contributed by atoms with Gasteiger partial charge >= 0.3 is 0 Å². The molecule has 1 aromatic heterocycles. The number of aryl methyl sites for hydroxylation is 4. The van der Waals surface area contributed by atoms with Gasteiger partial charge in [0.15, 0.2) is 0 Å². The molecule has 0 saturated heterocycles. The van der Waals surface area contributed by atoms with E-state index in [4.69, 9.17) is 0 Å². The van der Waals surface area contributed by atoms with Crippen molar-refractivity contribution >= 4 is 21.6 Å². The zero-order chi connectivity index (χ0) is 13.2. The maximum absolute atomic E-state index is 4.46. The number of fused-ring (bicyclic) bond motifs is 1. The highest BCUT2D eigenvalue weighted by Gasteiger charge is 2.09. The first-order valence-corrected chi connectivity index (χ1v) is 7.50. The molecule has 19 heavy (non-hydrogen) atoms. The predicted octanol–water partition coefficient (Wildman–Crippen LogP) is 4.70. The third kappa shape index (κ3) is 2.41. The zero-order valence-corrected chi connectivity index (χ0v) is 12.1. The SMILES string of the molecule is Cc1cc(CCc2ccccc2)c(C)c2scnc12. The molecule has 0 fully saturated rings. The number of aromatic nitrogens is 1. The van der Waals surface area contributed by atoms with E-state index in [1.54, 1.807) is 11.3 Å². The molecule has 0 amide bonds. The molecule has 1 heterocycles. The topological polar surface area (TPSA) is 12.9 Å². The van der Waals surface area contributed by atoms with Gasteiger partial charge in [-0.3, -0.25) is 0 Å². The van der Waals surface area contributed by atoms with Gasteiger partial charge in [0, 0.05) is 0 Å². The first-order chi connectivity index (χ1) is 9.25. The molecule has 3 rings (SSSR count). The second-order valence-electron chi connectivity index (χ2n) is 4.99. The van der Waals surface area contributed by atoms with Crippen molar-refractivity contribution in [3.8, 4) is 0 Å². The van der Waals surface area contributed by atoms with E-state index in [0.717, 1.165) is 12.8 Å². The second-order valence-corrected chi connectivity index (χ2v) is 5.85. The number of benzene rings is 2. The lowest BCUT2D eigenvalue weighted by molar-refractivity contribution is 0.951. The Bertz CT molecular complexity index is 698. The predicted molar refractivity (Wildman–Crippen MR) is 82.9 cm³/mol. The minimum atomic E-state index is 1.10. The third-order valence-electron chi connectivity index (χ3n) is 3.68. The summed E-state index contributed by atoms with van der Waals surface area (Å²) in [5, 5.41) is 0. The van der Waals surface area contributed by atoms with Crippen molar-refractivity contribution in [1.29, 1.82) is 0 Å². The van der Waals surface area contributed by atoms with Gasteiger partial charge in [0.25, 0.3) is 0 Å². The summed E-state index contributed by atoms with van der Waals surface area (Å²) >= 11 is 1.75. The van der Waals surface area contributed by atoms with Crippen molar-refractivity contribution in [1.82, 2.24) is 4.98 Å². The summed E-state index contributed by atoms with van der Waals surface area (Å²) in [5.41, 5.74) is 8.68. The molecule has 0 unspecified atom stereocenters. The van der Waals surface area contributed by atoms with E-state index < -0.39 is 0 Å². The van der Waals surface area contributed by atoms with E-state index in [2.05, 4.69) is 55.2 Å². The van der Waals surface area contributed by atoms with Crippen LogP contribution in [0.15, 0.2) is 41.9 Å². The van der Waals surface area contributed by atoms with Crippen molar-refractivity contribution in [3.05, 3.63) is 64.2 Å². The lowest BCUT2D eigenvalue weighted by Gasteiger charge is -2.09. The number of hydrogen-bond donors (Lipinski definition) is 0. The van der Waals surface area contributed by atoms with Crippen LogP contribution < -0.4 is 0 Å². The van der Waals surface area contributed by atoms with E-state index in [-0.39, 0.29) is 0 Å². The van der Waals surface area contributed by atoms with Gasteiger partial charge in [-0.05, 0) is 48.9 Å². The molecule has 0 aliphatic rings. The van der Waals surface area contributed by atoms with Gasteiger partial charge in [0.2, 0.25) is 0 Å². The van der Waals surface area contributed by atoms with E-state index >= 15 is 0 Å². The molecular formula is C17H17NS. The molecule has 0 aliphatic heterocycles. The summed E-state index contributed by atoms with van der Waals surface area (Å²) in [4.78, 5) is 4.46. The maximum Gasteiger partial charge on any atom is 0.0844 e. The van der Waals surface area contributed by atoms with Crippen LogP contribution in [0.25, 0.3) is 10.2 Å². The fourth-order valence-corrected chi connectivity index (χ4v) is 3.46. The summed E-state index contributed by atoms with van der Waals surface area (Å²) in [5.74, 6) is 0. The standard InChI is InChI=1S/C17H17NS/c1-12-10-15(9-8-14-6-4-3-5-7-14)13(2)17-16(12)18-11-19-17/h3-7,10-11H,8-9H2,1-2H3. The van der Waals surface area contributed by atoms with Crippen LogP contribution in [0, 0.1) is 13.8 Å². The first kappa shape index (κ1) is 12.4. The Morgan fingerprint density at radius 1 is 1.05 bits per heavy atom. The normalized spacial score (nSPS) is 11.1. The summed E-state index contributed by atoms with van der Waals surface area (Å²) < 4.78 is 1.35. The highest BCUT2D eigenvalue weighted by Crippen LogP contribution is 2.28. The Hall–Kier alpha value is -1.67. The molecule has 0 atom stereocenters. The molecule has 2 aromatic carbocycles. The average molecular weight is 267 g/mol. The monoisotopic (exact) mass is 267 g/mol. The molecule has 96 valence electrons. The molecule has 0 saturated carbocycles. The van der Waals surface area contributed by atoms with Gasteiger partial charge in [0.1, 0.15) is 0 Å².